The van der Waals surface area contributed by atoms with Crippen molar-refractivity contribution < 1.29 is 33.2 Å². The maximum Gasteiger partial charge on any atom is 0.252 e. The van der Waals surface area contributed by atoms with E-state index in [9.17, 15) is 4.79 Å². The van der Waals surface area contributed by atoms with Crippen molar-refractivity contribution in [3.8, 4) is 0 Å². The standard InChI is InChI=1S/C13H23ClO7/c14-13(15)12-11-20-8-7-18-4-3-16-1-2-17-5-6-19-9-10-21-12/h12H,1-11H2. The lowest BCUT2D eigenvalue weighted by atomic mass is 10.4. The van der Waals surface area contributed by atoms with Crippen LogP contribution >= 0.6 is 11.6 Å². The molecule has 0 radical (unpaired) electrons. The molecule has 1 saturated heterocycles. The molecule has 0 N–H and O–H groups in total. The fourth-order valence-corrected chi connectivity index (χ4v) is 1.62. The third-order valence-corrected chi connectivity index (χ3v) is 2.80. The van der Waals surface area contributed by atoms with Crippen molar-refractivity contribution in [1.82, 2.24) is 0 Å². The Bertz CT molecular complexity index is 247. The molecule has 1 aliphatic rings. The Morgan fingerprint density at radius 2 is 1.05 bits per heavy atom. The first-order valence-corrected chi connectivity index (χ1v) is 7.38. The molecule has 1 fully saturated rings. The molecule has 0 bridgehead atoms. The largest absolute Gasteiger partial charge is 0.377 e. The maximum absolute atomic E-state index is 11.2. The third-order valence-electron chi connectivity index (χ3n) is 2.56. The molecular formula is C13H23ClO7. The molecule has 0 aromatic carbocycles. The molecule has 0 amide bonds. The van der Waals surface area contributed by atoms with Crippen LogP contribution in [-0.2, 0) is 33.2 Å². The van der Waals surface area contributed by atoms with E-state index in [1.807, 2.05) is 0 Å². The van der Waals surface area contributed by atoms with Gasteiger partial charge in [-0.3, -0.25) is 4.79 Å². The van der Waals surface area contributed by atoms with Gasteiger partial charge in [0.25, 0.3) is 5.24 Å². The van der Waals surface area contributed by atoms with Crippen molar-refractivity contribution in [2.45, 2.75) is 6.10 Å². The van der Waals surface area contributed by atoms with E-state index in [2.05, 4.69) is 0 Å². The van der Waals surface area contributed by atoms with Crippen LogP contribution in [0.5, 0.6) is 0 Å². The number of carbonyl (C=O) groups excluding carboxylic acids is 1. The second-order valence-corrected chi connectivity index (χ2v) is 4.56. The second-order valence-electron chi connectivity index (χ2n) is 4.19. The van der Waals surface area contributed by atoms with Crippen molar-refractivity contribution >= 4 is 16.8 Å². The summed E-state index contributed by atoms with van der Waals surface area (Å²) in [5, 5.41) is -0.581. The van der Waals surface area contributed by atoms with Crippen molar-refractivity contribution in [1.29, 1.82) is 0 Å². The Labute approximate surface area is 129 Å². The molecule has 1 unspecified atom stereocenters. The minimum atomic E-state index is -0.784. The minimum absolute atomic E-state index is 0.102. The molecule has 21 heavy (non-hydrogen) atoms. The number of rotatable bonds is 1. The van der Waals surface area contributed by atoms with Gasteiger partial charge in [-0.2, -0.15) is 0 Å². The fourth-order valence-electron chi connectivity index (χ4n) is 1.50. The highest BCUT2D eigenvalue weighted by Gasteiger charge is 2.17. The Kier molecular flexibility index (Phi) is 12.0. The smallest absolute Gasteiger partial charge is 0.252 e. The van der Waals surface area contributed by atoms with Crippen LogP contribution < -0.4 is 0 Å². The van der Waals surface area contributed by atoms with Crippen LogP contribution in [0.25, 0.3) is 0 Å². The average Bonchev–Trinajstić information content (AvgIpc) is 2.47. The summed E-state index contributed by atoms with van der Waals surface area (Å²) in [6.07, 6.45) is -0.784. The minimum Gasteiger partial charge on any atom is -0.377 e. The Morgan fingerprint density at radius 3 is 1.48 bits per heavy atom. The van der Waals surface area contributed by atoms with E-state index in [1.54, 1.807) is 0 Å². The van der Waals surface area contributed by atoms with Gasteiger partial charge in [0.1, 0.15) is 0 Å². The summed E-state index contributed by atoms with van der Waals surface area (Å²) in [5.74, 6) is 0. The van der Waals surface area contributed by atoms with Crippen molar-refractivity contribution in [2.75, 3.05) is 72.7 Å². The van der Waals surface area contributed by atoms with Gasteiger partial charge in [0.05, 0.1) is 72.7 Å². The molecule has 124 valence electrons. The molecule has 0 aromatic rings. The first-order valence-electron chi connectivity index (χ1n) is 7.00. The molecule has 7 nitrogen and oxygen atoms in total. The lowest BCUT2D eigenvalue weighted by Gasteiger charge is -2.15. The summed E-state index contributed by atoms with van der Waals surface area (Å²) in [6.45, 7) is 4.51. The highest BCUT2D eigenvalue weighted by molar-refractivity contribution is 6.64. The van der Waals surface area contributed by atoms with Crippen LogP contribution in [0.3, 0.4) is 0 Å². The summed E-state index contributed by atoms with van der Waals surface area (Å²) in [7, 11) is 0. The monoisotopic (exact) mass is 326 g/mol. The summed E-state index contributed by atoms with van der Waals surface area (Å²) < 4.78 is 31.8. The Balaban J connectivity index is 2.23. The Hall–Kier alpha value is -0.280. The number of hydrogen-bond donors (Lipinski definition) is 0. The average molecular weight is 327 g/mol. The highest BCUT2D eigenvalue weighted by Crippen LogP contribution is 2.00. The van der Waals surface area contributed by atoms with Gasteiger partial charge in [-0.15, -0.1) is 0 Å². The van der Waals surface area contributed by atoms with E-state index in [1.165, 1.54) is 0 Å². The summed E-state index contributed by atoms with van der Waals surface area (Å²) in [6, 6.07) is 0. The predicted molar refractivity (Wildman–Crippen MR) is 74.7 cm³/mol. The SMILES string of the molecule is O=C(Cl)C1COCCOCCOCCOCCOCCO1. The highest BCUT2D eigenvalue weighted by atomic mass is 35.5. The maximum atomic E-state index is 11.2. The Morgan fingerprint density at radius 1 is 0.667 bits per heavy atom. The lowest BCUT2D eigenvalue weighted by molar-refractivity contribution is -0.128. The van der Waals surface area contributed by atoms with Crippen LogP contribution in [0.4, 0.5) is 0 Å². The predicted octanol–water partition coefficient (Wildman–Crippen LogP) is 0.234. The zero-order chi connectivity index (χ0) is 15.2. The van der Waals surface area contributed by atoms with E-state index in [0.29, 0.717) is 59.5 Å². The van der Waals surface area contributed by atoms with E-state index in [4.69, 9.17) is 40.0 Å². The number of halogens is 1. The van der Waals surface area contributed by atoms with E-state index >= 15 is 0 Å². The summed E-state index contributed by atoms with van der Waals surface area (Å²) >= 11 is 5.44. The number of ether oxygens (including phenoxy) is 6. The van der Waals surface area contributed by atoms with Gasteiger partial charge in [0, 0.05) is 0 Å². The quantitative estimate of drug-likeness (QED) is 0.639. The van der Waals surface area contributed by atoms with Gasteiger partial charge in [-0.1, -0.05) is 0 Å². The zero-order valence-electron chi connectivity index (χ0n) is 12.1. The van der Waals surface area contributed by atoms with Crippen LogP contribution in [-0.4, -0.2) is 84.0 Å². The van der Waals surface area contributed by atoms with Gasteiger partial charge in [0.2, 0.25) is 0 Å². The van der Waals surface area contributed by atoms with E-state index < -0.39 is 11.3 Å². The van der Waals surface area contributed by atoms with Crippen molar-refractivity contribution in [3.63, 3.8) is 0 Å². The first-order chi connectivity index (χ1) is 10.3. The van der Waals surface area contributed by atoms with E-state index in [-0.39, 0.29) is 13.2 Å². The van der Waals surface area contributed by atoms with Gasteiger partial charge in [-0.05, 0) is 11.6 Å². The third kappa shape index (κ3) is 11.0. The second kappa shape index (κ2) is 13.4. The molecule has 0 saturated carbocycles. The van der Waals surface area contributed by atoms with Gasteiger partial charge < -0.3 is 28.4 Å². The number of carbonyl (C=O) groups is 1. The summed E-state index contributed by atoms with van der Waals surface area (Å²) in [5.41, 5.74) is 0. The van der Waals surface area contributed by atoms with Crippen molar-refractivity contribution in [3.05, 3.63) is 0 Å². The lowest BCUT2D eigenvalue weighted by Crippen LogP contribution is -2.28. The molecule has 0 aliphatic carbocycles. The van der Waals surface area contributed by atoms with Gasteiger partial charge in [0.15, 0.2) is 6.10 Å². The first kappa shape index (κ1) is 18.8. The van der Waals surface area contributed by atoms with Crippen LogP contribution in [0, 0.1) is 0 Å². The molecule has 1 heterocycles. The summed E-state index contributed by atoms with van der Waals surface area (Å²) in [4.78, 5) is 11.2. The normalized spacial score (nSPS) is 25.7. The van der Waals surface area contributed by atoms with Crippen LogP contribution in [0.1, 0.15) is 0 Å². The molecule has 0 aromatic heterocycles. The van der Waals surface area contributed by atoms with Crippen molar-refractivity contribution in [2.24, 2.45) is 0 Å². The van der Waals surface area contributed by atoms with Gasteiger partial charge >= 0.3 is 0 Å². The zero-order valence-corrected chi connectivity index (χ0v) is 12.8. The fraction of sp³-hybridized carbons (Fsp3) is 0.923. The molecule has 0 spiro atoms. The van der Waals surface area contributed by atoms with E-state index in [0.717, 1.165) is 0 Å². The molecule has 1 atom stereocenters. The topological polar surface area (TPSA) is 72.5 Å². The molecule has 1 rings (SSSR count). The van der Waals surface area contributed by atoms with Crippen LogP contribution in [0.15, 0.2) is 0 Å². The van der Waals surface area contributed by atoms with Gasteiger partial charge in [-0.25, -0.2) is 0 Å². The number of hydrogen-bond acceptors (Lipinski definition) is 7. The van der Waals surface area contributed by atoms with Crippen LogP contribution in [0.2, 0.25) is 0 Å². The molecule has 1 aliphatic heterocycles. The molecular weight excluding hydrogens is 304 g/mol. The molecule has 8 heteroatoms.